The first-order chi connectivity index (χ1) is 15.0. The van der Waals surface area contributed by atoms with Crippen molar-refractivity contribution in [2.75, 3.05) is 18.5 Å². The second-order valence-electron chi connectivity index (χ2n) is 7.28. The molecule has 0 radical (unpaired) electrons. The van der Waals surface area contributed by atoms with Crippen molar-refractivity contribution in [2.24, 2.45) is 0 Å². The van der Waals surface area contributed by atoms with E-state index in [0.29, 0.717) is 23.6 Å². The summed E-state index contributed by atoms with van der Waals surface area (Å²) in [5.74, 6) is 1.25. The summed E-state index contributed by atoms with van der Waals surface area (Å²) in [6.07, 6.45) is 0. The van der Waals surface area contributed by atoms with Crippen molar-refractivity contribution in [2.45, 2.75) is 20.8 Å². The van der Waals surface area contributed by atoms with Crippen LogP contribution in [0.25, 0.3) is 16.7 Å². The van der Waals surface area contributed by atoms with E-state index >= 15 is 0 Å². The first kappa shape index (κ1) is 20.4. The topological polar surface area (TPSA) is 78.3 Å². The lowest BCUT2D eigenvalue weighted by Crippen LogP contribution is -2.20. The Morgan fingerprint density at radius 2 is 1.58 bits per heavy atom. The molecule has 1 N–H and O–H groups in total. The second kappa shape index (κ2) is 8.87. The monoisotopic (exact) mass is 416 g/mol. The second-order valence-corrected chi connectivity index (χ2v) is 7.28. The number of rotatable bonds is 7. The fourth-order valence-electron chi connectivity index (χ4n) is 3.31. The Hall–Kier alpha value is -3.87. The normalized spacial score (nSPS) is 10.8. The minimum absolute atomic E-state index is 0.0696. The third kappa shape index (κ3) is 5.01. The zero-order chi connectivity index (χ0) is 21.8. The largest absolute Gasteiger partial charge is 0.494 e. The molecule has 0 aliphatic rings. The summed E-state index contributed by atoms with van der Waals surface area (Å²) in [6, 6.07) is 18.9. The number of hydrogen-bond donors (Lipinski definition) is 1. The van der Waals surface area contributed by atoms with Crippen molar-refractivity contribution in [3.05, 3.63) is 71.8 Å². The van der Waals surface area contributed by atoms with Crippen LogP contribution in [-0.2, 0) is 4.79 Å². The van der Waals surface area contributed by atoms with Gasteiger partial charge in [-0.3, -0.25) is 4.79 Å². The third-order valence-corrected chi connectivity index (χ3v) is 4.61. The van der Waals surface area contributed by atoms with Gasteiger partial charge in [0, 0.05) is 5.69 Å². The van der Waals surface area contributed by atoms with Crippen LogP contribution in [0.1, 0.15) is 18.1 Å². The lowest BCUT2D eigenvalue weighted by atomic mass is 10.1. The zero-order valence-electron chi connectivity index (χ0n) is 17.8. The number of carbonyl (C=O) groups is 1. The fraction of sp³-hybridized carbons (Fsp3) is 0.208. The Morgan fingerprint density at radius 1 is 0.871 bits per heavy atom. The van der Waals surface area contributed by atoms with E-state index in [1.165, 1.54) is 0 Å². The minimum Gasteiger partial charge on any atom is -0.494 e. The molecule has 1 aromatic heterocycles. The van der Waals surface area contributed by atoms with Gasteiger partial charge in [0.15, 0.2) is 6.61 Å². The van der Waals surface area contributed by atoms with Gasteiger partial charge in [0.05, 0.1) is 12.3 Å². The first-order valence-electron chi connectivity index (χ1n) is 10.1. The molecule has 31 heavy (non-hydrogen) atoms. The number of anilines is 1. The summed E-state index contributed by atoms with van der Waals surface area (Å²) in [5, 5.41) is 11.9. The van der Waals surface area contributed by atoms with E-state index in [4.69, 9.17) is 9.47 Å². The van der Waals surface area contributed by atoms with Crippen LogP contribution in [0.2, 0.25) is 0 Å². The predicted molar refractivity (Wildman–Crippen MR) is 120 cm³/mol. The van der Waals surface area contributed by atoms with Crippen LogP contribution in [0.5, 0.6) is 11.5 Å². The number of ether oxygens (including phenoxy) is 2. The molecular weight excluding hydrogens is 392 g/mol. The molecule has 4 aromatic rings. The van der Waals surface area contributed by atoms with Crippen LogP contribution >= 0.6 is 0 Å². The van der Waals surface area contributed by atoms with Crippen LogP contribution < -0.4 is 14.8 Å². The summed E-state index contributed by atoms with van der Waals surface area (Å²) >= 11 is 0. The summed E-state index contributed by atoms with van der Waals surface area (Å²) in [6.45, 7) is 6.49. The van der Waals surface area contributed by atoms with Crippen LogP contribution in [0.3, 0.4) is 0 Å². The number of aryl methyl sites for hydroxylation is 2. The number of nitrogens with zero attached hydrogens (tertiary/aromatic N) is 3. The SMILES string of the molecule is CCOc1ccc(-n2nc3ccc(NC(=O)COc4cc(C)cc(C)c4)cc3n2)cc1. The third-order valence-electron chi connectivity index (χ3n) is 4.61. The van der Waals surface area contributed by atoms with Crippen LogP contribution in [-0.4, -0.2) is 34.1 Å². The van der Waals surface area contributed by atoms with Gasteiger partial charge in [0.25, 0.3) is 5.91 Å². The number of fused-ring (bicyclic) bond motifs is 1. The van der Waals surface area contributed by atoms with Gasteiger partial charge in [0.1, 0.15) is 22.5 Å². The number of amides is 1. The molecule has 7 nitrogen and oxygen atoms in total. The van der Waals surface area contributed by atoms with E-state index in [1.54, 1.807) is 16.9 Å². The van der Waals surface area contributed by atoms with E-state index in [-0.39, 0.29) is 12.5 Å². The first-order valence-corrected chi connectivity index (χ1v) is 10.1. The smallest absolute Gasteiger partial charge is 0.262 e. The highest BCUT2D eigenvalue weighted by atomic mass is 16.5. The van der Waals surface area contributed by atoms with Gasteiger partial charge < -0.3 is 14.8 Å². The van der Waals surface area contributed by atoms with Gasteiger partial charge in [-0.05, 0) is 86.5 Å². The highest BCUT2D eigenvalue weighted by Gasteiger charge is 2.09. The van der Waals surface area contributed by atoms with E-state index in [2.05, 4.69) is 21.6 Å². The van der Waals surface area contributed by atoms with Crippen LogP contribution in [0.15, 0.2) is 60.7 Å². The lowest BCUT2D eigenvalue weighted by molar-refractivity contribution is -0.118. The summed E-state index contributed by atoms with van der Waals surface area (Å²) < 4.78 is 11.1. The Labute approximate surface area is 180 Å². The molecule has 7 heteroatoms. The maximum atomic E-state index is 12.3. The van der Waals surface area contributed by atoms with Gasteiger partial charge in [-0.15, -0.1) is 10.2 Å². The number of aromatic nitrogens is 3. The molecule has 0 bridgehead atoms. The standard InChI is InChI=1S/C24H24N4O3/c1-4-30-20-8-6-19(7-9-20)28-26-22-10-5-18(14-23(22)27-28)25-24(29)15-31-21-12-16(2)11-17(3)13-21/h5-14H,4,15H2,1-3H3,(H,25,29). The maximum Gasteiger partial charge on any atom is 0.262 e. The van der Waals surface area contributed by atoms with E-state index in [1.807, 2.05) is 63.2 Å². The Kier molecular flexibility index (Phi) is 5.84. The molecule has 3 aromatic carbocycles. The summed E-state index contributed by atoms with van der Waals surface area (Å²) in [7, 11) is 0. The molecule has 0 aliphatic heterocycles. The average Bonchev–Trinajstić information content (AvgIpc) is 3.16. The van der Waals surface area contributed by atoms with Gasteiger partial charge in [-0.25, -0.2) is 0 Å². The molecule has 158 valence electrons. The van der Waals surface area contributed by atoms with Crippen molar-refractivity contribution in [3.63, 3.8) is 0 Å². The molecule has 4 rings (SSSR count). The molecule has 0 fully saturated rings. The van der Waals surface area contributed by atoms with Gasteiger partial charge in [-0.1, -0.05) is 6.07 Å². The molecule has 0 aliphatic carbocycles. The molecule has 0 atom stereocenters. The maximum absolute atomic E-state index is 12.3. The Morgan fingerprint density at radius 3 is 2.29 bits per heavy atom. The lowest BCUT2D eigenvalue weighted by Gasteiger charge is -2.09. The highest BCUT2D eigenvalue weighted by Crippen LogP contribution is 2.20. The van der Waals surface area contributed by atoms with Crippen LogP contribution in [0.4, 0.5) is 5.69 Å². The van der Waals surface area contributed by atoms with Crippen molar-refractivity contribution in [1.29, 1.82) is 0 Å². The van der Waals surface area contributed by atoms with Crippen molar-refractivity contribution in [3.8, 4) is 17.2 Å². The van der Waals surface area contributed by atoms with E-state index in [9.17, 15) is 4.79 Å². The molecule has 0 saturated carbocycles. The van der Waals surface area contributed by atoms with Crippen molar-refractivity contribution >= 4 is 22.6 Å². The summed E-state index contributed by atoms with van der Waals surface area (Å²) in [4.78, 5) is 13.9. The number of hydrogen-bond acceptors (Lipinski definition) is 5. The van der Waals surface area contributed by atoms with Gasteiger partial charge in [0.2, 0.25) is 0 Å². The molecular formula is C24H24N4O3. The van der Waals surface area contributed by atoms with Crippen LogP contribution in [0, 0.1) is 13.8 Å². The Balaban J connectivity index is 1.43. The quantitative estimate of drug-likeness (QED) is 0.481. The molecule has 0 unspecified atom stereocenters. The van der Waals surface area contributed by atoms with E-state index in [0.717, 1.165) is 28.1 Å². The number of nitrogens with one attached hydrogen (secondary N) is 1. The van der Waals surface area contributed by atoms with Crippen molar-refractivity contribution in [1.82, 2.24) is 15.0 Å². The molecule has 1 heterocycles. The summed E-state index contributed by atoms with van der Waals surface area (Å²) in [5.41, 5.74) is 5.07. The van der Waals surface area contributed by atoms with Crippen molar-refractivity contribution < 1.29 is 14.3 Å². The molecule has 1 amide bonds. The Bertz CT molecular complexity index is 1200. The van der Waals surface area contributed by atoms with E-state index < -0.39 is 0 Å². The van der Waals surface area contributed by atoms with Gasteiger partial charge in [-0.2, -0.15) is 4.80 Å². The number of carbonyl (C=O) groups excluding carboxylic acids is 1. The average molecular weight is 416 g/mol. The van der Waals surface area contributed by atoms with Gasteiger partial charge >= 0.3 is 0 Å². The predicted octanol–water partition coefficient (Wildman–Crippen LogP) is 4.45. The zero-order valence-corrected chi connectivity index (χ0v) is 17.8. The molecule has 0 spiro atoms. The minimum atomic E-state index is -0.239. The highest BCUT2D eigenvalue weighted by molar-refractivity contribution is 5.93. The number of benzene rings is 3. The fourth-order valence-corrected chi connectivity index (χ4v) is 3.31. The molecule has 0 saturated heterocycles.